The fourth-order valence-electron chi connectivity index (χ4n) is 2.09. The first kappa shape index (κ1) is 11.0. The number of thioether (sulfide) groups is 1. The van der Waals surface area contributed by atoms with Crippen LogP contribution in [0, 0.1) is 0 Å². The van der Waals surface area contributed by atoms with Crippen LogP contribution in [0.2, 0.25) is 0 Å². The third-order valence-electron chi connectivity index (χ3n) is 2.91. The Kier molecular flexibility index (Phi) is 3.04. The molecule has 2 heterocycles. The molecule has 6 heteroatoms. The minimum Gasteiger partial charge on any atom is -0.374 e. The van der Waals surface area contributed by atoms with E-state index in [0.717, 1.165) is 17.9 Å². The van der Waals surface area contributed by atoms with Gasteiger partial charge in [0.1, 0.15) is 0 Å². The van der Waals surface area contributed by atoms with Crippen LogP contribution in [0.3, 0.4) is 0 Å². The van der Waals surface area contributed by atoms with Crippen molar-refractivity contribution in [2.45, 2.75) is 30.1 Å². The molecule has 0 amide bonds. The van der Waals surface area contributed by atoms with Crippen LogP contribution in [0.25, 0.3) is 0 Å². The third kappa shape index (κ3) is 2.21. The summed E-state index contributed by atoms with van der Waals surface area (Å²) in [5.41, 5.74) is -0.199. The van der Waals surface area contributed by atoms with Gasteiger partial charge in [-0.3, -0.25) is 0 Å². The molecule has 2 rings (SSSR count). The average molecular weight is 257 g/mol. The van der Waals surface area contributed by atoms with Gasteiger partial charge in [-0.1, -0.05) is 0 Å². The SMILES string of the molecule is O=S(=O)(Cl)C1CCOC2(CCSC2)C1. The highest BCUT2D eigenvalue weighted by Gasteiger charge is 2.43. The van der Waals surface area contributed by atoms with Crippen LogP contribution in [0.5, 0.6) is 0 Å². The normalized spacial score (nSPS) is 39.1. The molecule has 2 atom stereocenters. The van der Waals surface area contributed by atoms with Gasteiger partial charge in [0.25, 0.3) is 0 Å². The van der Waals surface area contributed by atoms with Crippen LogP contribution in [-0.4, -0.2) is 37.4 Å². The first-order chi connectivity index (χ1) is 6.52. The summed E-state index contributed by atoms with van der Waals surface area (Å²) in [6.07, 6.45) is 2.07. The molecule has 0 aromatic carbocycles. The number of hydrogen-bond acceptors (Lipinski definition) is 4. The summed E-state index contributed by atoms with van der Waals surface area (Å²) in [6, 6.07) is 0. The van der Waals surface area contributed by atoms with Crippen molar-refractivity contribution >= 4 is 31.5 Å². The number of ether oxygens (including phenoxy) is 1. The Morgan fingerprint density at radius 3 is 2.86 bits per heavy atom. The maximum atomic E-state index is 11.2. The zero-order valence-corrected chi connectivity index (χ0v) is 10.1. The number of rotatable bonds is 1. The molecule has 0 radical (unpaired) electrons. The van der Waals surface area contributed by atoms with Crippen molar-refractivity contribution < 1.29 is 13.2 Å². The van der Waals surface area contributed by atoms with Gasteiger partial charge >= 0.3 is 0 Å². The molecule has 2 unspecified atom stereocenters. The van der Waals surface area contributed by atoms with E-state index in [9.17, 15) is 8.42 Å². The molecule has 0 bridgehead atoms. The van der Waals surface area contributed by atoms with E-state index in [2.05, 4.69) is 0 Å². The lowest BCUT2D eigenvalue weighted by atomic mass is 9.93. The standard InChI is InChI=1S/C8H13ClO3S2/c9-14(10,11)7-1-3-12-8(5-7)2-4-13-6-8/h7H,1-6H2. The summed E-state index contributed by atoms with van der Waals surface area (Å²) < 4.78 is 28.2. The second kappa shape index (κ2) is 3.85. The molecule has 0 N–H and O–H groups in total. The van der Waals surface area contributed by atoms with Gasteiger partial charge in [-0.25, -0.2) is 8.42 Å². The second-order valence-electron chi connectivity index (χ2n) is 3.92. The zero-order chi connectivity index (χ0) is 10.2. The molecule has 0 aliphatic carbocycles. The minimum absolute atomic E-state index is 0.199. The predicted molar refractivity (Wildman–Crippen MR) is 58.4 cm³/mol. The first-order valence-electron chi connectivity index (χ1n) is 4.67. The fraction of sp³-hybridized carbons (Fsp3) is 1.00. The monoisotopic (exact) mass is 256 g/mol. The lowest BCUT2D eigenvalue weighted by Gasteiger charge is -2.36. The summed E-state index contributed by atoms with van der Waals surface area (Å²) in [6.45, 7) is 0.525. The molecule has 2 aliphatic rings. The lowest BCUT2D eigenvalue weighted by molar-refractivity contribution is -0.0570. The molecular formula is C8H13ClO3S2. The van der Waals surface area contributed by atoms with E-state index in [-0.39, 0.29) is 5.60 Å². The van der Waals surface area contributed by atoms with E-state index in [1.165, 1.54) is 0 Å². The van der Waals surface area contributed by atoms with E-state index < -0.39 is 14.3 Å². The van der Waals surface area contributed by atoms with Crippen LogP contribution >= 0.6 is 22.4 Å². The zero-order valence-electron chi connectivity index (χ0n) is 7.74. The predicted octanol–water partition coefficient (Wildman–Crippen LogP) is 1.61. The van der Waals surface area contributed by atoms with E-state index in [1.807, 2.05) is 11.8 Å². The molecule has 3 nitrogen and oxygen atoms in total. The van der Waals surface area contributed by atoms with Crippen molar-refractivity contribution in [2.24, 2.45) is 0 Å². The summed E-state index contributed by atoms with van der Waals surface area (Å²) in [4.78, 5) is 0. The van der Waals surface area contributed by atoms with Crippen molar-refractivity contribution in [1.29, 1.82) is 0 Å². The van der Waals surface area contributed by atoms with Gasteiger partial charge in [-0.15, -0.1) is 0 Å². The smallest absolute Gasteiger partial charge is 0.235 e. The Balaban J connectivity index is 2.11. The molecule has 0 aromatic rings. The third-order valence-corrected chi connectivity index (χ3v) is 6.09. The van der Waals surface area contributed by atoms with Crippen LogP contribution < -0.4 is 0 Å². The Hall–Kier alpha value is 0.550. The highest BCUT2D eigenvalue weighted by Crippen LogP contribution is 2.40. The second-order valence-corrected chi connectivity index (χ2v) is 7.94. The molecule has 2 saturated heterocycles. The van der Waals surface area contributed by atoms with Gasteiger partial charge in [0.15, 0.2) is 0 Å². The van der Waals surface area contributed by atoms with Crippen LogP contribution in [0.1, 0.15) is 19.3 Å². The maximum absolute atomic E-state index is 11.2. The fourth-order valence-corrected chi connectivity index (χ4v) is 4.80. The van der Waals surface area contributed by atoms with Crippen LogP contribution in [0.15, 0.2) is 0 Å². The van der Waals surface area contributed by atoms with Gasteiger partial charge in [0, 0.05) is 23.0 Å². The van der Waals surface area contributed by atoms with Crippen molar-refractivity contribution in [3.63, 3.8) is 0 Å². The molecule has 0 saturated carbocycles. The molecule has 2 fully saturated rings. The largest absolute Gasteiger partial charge is 0.374 e. The summed E-state index contributed by atoms with van der Waals surface area (Å²) in [5.74, 6) is 1.98. The Bertz CT molecular complexity index is 309. The van der Waals surface area contributed by atoms with Crippen LogP contribution in [-0.2, 0) is 13.8 Å². The van der Waals surface area contributed by atoms with Crippen LogP contribution in [0.4, 0.5) is 0 Å². The first-order valence-corrected chi connectivity index (χ1v) is 8.20. The molecular weight excluding hydrogens is 244 g/mol. The Morgan fingerprint density at radius 1 is 1.50 bits per heavy atom. The van der Waals surface area contributed by atoms with E-state index >= 15 is 0 Å². The van der Waals surface area contributed by atoms with Crippen molar-refractivity contribution in [3.8, 4) is 0 Å². The minimum atomic E-state index is -3.41. The van der Waals surface area contributed by atoms with Gasteiger partial charge in [0.05, 0.1) is 10.9 Å². The average Bonchev–Trinajstić information content (AvgIpc) is 2.52. The highest BCUT2D eigenvalue weighted by atomic mass is 35.7. The van der Waals surface area contributed by atoms with Crippen molar-refractivity contribution in [1.82, 2.24) is 0 Å². The van der Waals surface area contributed by atoms with Gasteiger partial charge in [-0.2, -0.15) is 11.8 Å². The quantitative estimate of drug-likeness (QED) is 0.669. The van der Waals surface area contributed by atoms with E-state index in [0.29, 0.717) is 19.4 Å². The molecule has 2 aliphatic heterocycles. The molecule has 0 aromatic heterocycles. The summed E-state index contributed by atoms with van der Waals surface area (Å²) in [7, 11) is 1.98. The Labute approximate surface area is 93.0 Å². The van der Waals surface area contributed by atoms with Gasteiger partial charge in [-0.05, 0) is 25.0 Å². The summed E-state index contributed by atoms with van der Waals surface area (Å²) >= 11 is 1.83. The number of halogens is 1. The summed E-state index contributed by atoms with van der Waals surface area (Å²) in [5, 5.41) is -0.406. The molecule has 82 valence electrons. The van der Waals surface area contributed by atoms with E-state index in [4.69, 9.17) is 15.4 Å². The molecule has 14 heavy (non-hydrogen) atoms. The topological polar surface area (TPSA) is 43.4 Å². The lowest BCUT2D eigenvalue weighted by Crippen LogP contribution is -2.43. The van der Waals surface area contributed by atoms with Gasteiger partial charge < -0.3 is 4.74 Å². The highest BCUT2D eigenvalue weighted by molar-refractivity contribution is 8.14. The van der Waals surface area contributed by atoms with Crippen molar-refractivity contribution in [2.75, 3.05) is 18.1 Å². The van der Waals surface area contributed by atoms with E-state index in [1.54, 1.807) is 0 Å². The maximum Gasteiger partial charge on any atom is 0.235 e. The van der Waals surface area contributed by atoms with Gasteiger partial charge in [0.2, 0.25) is 9.05 Å². The Morgan fingerprint density at radius 2 is 2.29 bits per heavy atom. The number of hydrogen-bond donors (Lipinski definition) is 0. The molecule has 1 spiro atoms. The van der Waals surface area contributed by atoms with Crippen molar-refractivity contribution in [3.05, 3.63) is 0 Å².